The van der Waals surface area contributed by atoms with Gasteiger partial charge in [0, 0.05) is 16.8 Å². The van der Waals surface area contributed by atoms with E-state index < -0.39 is 0 Å². The highest BCUT2D eigenvalue weighted by Gasteiger charge is 2.12. The number of amides is 1. The van der Waals surface area contributed by atoms with Crippen LogP contribution >= 0.6 is 11.6 Å². The molecule has 0 spiro atoms. The molecular weight excluding hydrogens is 378 g/mol. The van der Waals surface area contributed by atoms with Crippen LogP contribution in [0.15, 0.2) is 59.0 Å². The van der Waals surface area contributed by atoms with Gasteiger partial charge >= 0.3 is 0 Å². The maximum atomic E-state index is 12.6. The average Bonchev–Trinajstić information content (AvgIpc) is 3.17. The molecule has 0 saturated carbocycles. The van der Waals surface area contributed by atoms with Gasteiger partial charge in [0.05, 0.1) is 11.1 Å². The van der Waals surface area contributed by atoms with E-state index in [2.05, 4.69) is 5.32 Å². The first-order valence-electron chi connectivity index (χ1n) is 9.07. The zero-order valence-corrected chi connectivity index (χ0v) is 16.5. The quantitative estimate of drug-likeness (QED) is 0.548. The van der Waals surface area contributed by atoms with Crippen LogP contribution in [-0.4, -0.2) is 17.1 Å². The molecule has 3 aromatic rings. The van der Waals surface area contributed by atoms with Gasteiger partial charge in [-0.1, -0.05) is 24.6 Å². The van der Waals surface area contributed by atoms with Gasteiger partial charge in [0.1, 0.15) is 23.9 Å². The molecule has 1 atom stereocenters. The molecule has 0 aliphatic carbocycles. The summed E-state index contributed by atoms with van der Waals surface area (Å²) < 4.78 is 11.3. The van der Waals surface area contributed by atoms with Gasteiger partial charge in [-0.3, -0.25) is 4.79 Å². The van der Waals surface area contributed by atoms with Crippen LogP contribution in [0.4, 0.5) is 5.69 Å². The number of furan rings is 1. The minimum atomic E-state index is -0.251. The summed E-state index contributed by atoms with van der Waals surface area (Å²) >= 11 is 6.35. The standard InChI is InChI=1S/C22H22ClNO4/c1-3-14(2)27-17-6-4-5-15(11-17)22(26)24-16-7-9-19(20(23)12-16)21-10-8-18(13-25)28-21/h4-12,14,25H,3,13H2,1-2H3,(H,24,26)/t14-/m1/s1. The van der Waals surface area contributed by atoms with Crippen molar-refractivity contribution in [2.75, 3.05) is 5.32 Å². The lowest BCUT2D eigenvalue weighted by atomic mass is 10.1. The fraction of sp³-hybridized carbons (Fsp3) is 0.227. The van der Waals surface area contributed by atoms with Crippen LogP contribution < -0.4 is 10.1 Å². The second-order valence-corrected chi connectivity index (χ2v) is 6.84. The van der Waals surface area contributed by atoms with Crippen LogP contribution in [-0.2, 0) is 6.61 Å². The van der Waals surface area contributed by atoms with Gasteiger partial charge in [-0.25, -0.2) is 0 Å². The first-order valence-corrected chi connectivity index (χ1v) is 9.45. The lowest BCUT2D eigenvalue weighted by molar-refractivity contribution is 0.102. The van der Waals surface area contributed by atoms with Gasteiger partial charge in [-0.05, 0) is 61.9 Å². The fourth-order valence-corrected chi connectivity index (χ4v) is 2.90. The van der Waals surface area contributed by atoms with Crippen LogP contribution in [0.1, 0.15) is 36.4 Å². The van der Waals surface area contributed by atoms with E-state index in [1.165, 1.54) is 0 Å². The molecule has 0 fully saturated rings. The summed E-state index contributed by atoms with van der Waals surface area (Å²) in [6.45, 7) is 3.85. The Kier molecular flexibility index (Phi) is 6.39. The molecule has 28 heavy (non-hydrogen) atoms. The van der Waals surface area contributed by atoms with Crippen molar-refractivity contribution in [1.29, 1.82) is 0 Å². The highest BCUT2D eigenvalue weighted by Crippen LogP contribution is 2.32. The number of nitrogens with one attached hydrogen (secondary N) is 1. The molecule has 2 N–H and O–H groups in total. The molecular formula is C22H22ClNO4. The number of aliphatic hydroxyl groups is 1. The Hall–Kier alpha value is -2.76. The number of hydrogen-bond acceptors (Lipinski definition) is 4. The van der Waals surface area contributed by atoms with Crippen molar-refractivity contribution in [2.24, 2.45) is 0 Å². The second kappa shape index (κ2) is 8.95. The smallest absolute Gasteiger partial charge is 0.255 e. The third-order valence-corrected chi connectivity index (χ3v) is 4.63. The van der Waals surface area contributed by atoms with Crippen molar-refractivity contribution in [1.82, 2.24) is 0 Å². The topological polar surface area (TPSA) is 71.7 Å². The fourth-order valence-electron chi connectivity index (χ4n) is 2.63. The molecule has 0 aliphatic rings. The number of benzene rings is 2. The Morgan fingerprint density at radius 2 is 2.04 bits per heavy atom. The lowest BCUT2D eigenvalue weighted by Crippen LogP contribution is -2.13. The maximum Gasteiger partial charge on any atom is 0.255 e. The van der Waals surface area contributed by atoms with Crippen molar-refractivity contribution < 1.29 is 19.1 Å². The normalized spacial score (nSPS) is 11.9. The molecule has 1 aromatic heterocycles. The van der Waals surface area contributed by atoms with Crippen LogP contribution in [0.3, 0.4) is 0 Å². The lowest BCUT2D eigenvalue weighted by Gasteiger charge is -2.13. The molecule has 0 saturated heterocycles. The minimum absolute atomic E-state index is 0.0811. The second-order valence-electron chi connectivity index (χ2n) is 6.44. The largest absolute Gasteiger partial charge is 0.491 e. The predicted molar refractivity (Wildman–Crippen MR) is 110 cm³/mol. The number of hydrogen-bond donors (Lipinski definition) is 2. The number of carbonyl (C=O) groups is 1. The van der Waals surface area contributed by atoms with Gasteiger partial charge in [0.15, 0.2) is 0 Å². The zero-order valence-electron chi connectivity index (χ0n) is 15.7. The molecule has 6 heteroatoms. The van der Waals surface area contributed by atoms with E-state index in [0.29, 0.717) is 39.1 Å². The van der Waals surface area contributed by atoms with Crippen molar-refractivity contribution >= 4 is 23.2 Å². The molecule has 2 aromatic carbocycles. The van der Waals surface area contributed by atoms with Crippen molar-refractivity contribution in [3.8, 4) is 17.1 Å². The van der Waals surface area contributed by atoms with E-state index >= 15 is 0 Å². The van der Waals surface area contributed by atoms with Crippen molar-refractivity contribution in [2.45, 2.75) is 33.0 Å². The number of aliphatic hydroxyl groups excluding tert-OH is 1. The van der Waals surface area contributed by atoms with E-state index in [1.807, 2.05) is 19.9 Å². The first-order chi connectivity index (χ1) is 13.5. The van der Waals surface area contributed by atoms with E-state index in [0.717, 1.165) is 6.42 Å². The van der Waals surface area contributed by atoms with Crippen LogP contribution in [0.5, 0.6) is 5.75 Å². The predicted octanol–water partition coefficient (Wildman–Crippen LogP) is 5.52. The molecule has 3 rings (SSSR count). The van der Waals surface area contributed by atoms with Gasteiger partial charge in [-0.15, -0.1) is 0 Å². The monoisotopic (exact) mass is 399 g/mol. The highest BCUT2D eigenvalue weighted by molar-refractivity contribution is 6.33. The maximum absolute atomic E-state index is 12.6. The Labute approximate surface area is 168 Å². The number of ether oxygens (including phenoxy) is 1. The molecule has 0 unspecified atom stereocenters. The van der Waals surface area contributed by atoms with E-state index in [9.17, 15) is 4.79 Å². The van der Waals surface area contributed by atoms with E-state index in [1.54, 1.807) is 48.5 Å². The summed E-state index contributed by atoms with van der Waals surface area (Å²) in [5.41, 5.74) is 1.75. The van der Waals surface area contributed by atoms with Crippen molar-refractivity contribution in [3.63, 3.8) is 0 Å². The molecule has 5 nitrogen and oxygen atoms in total. The van der Waals surface area contributed by atoms with Crippen LogP contribution in [0.2, 0.25) is 5.02 Å². The number of anilines is 1. The summed E-state index contributed by atoms with van der Waals surface area (Å²) in [5, 5.41) is 12.4. The Morgan fingerprint density at radius 3 is 2.71 bits per heavy atom. The molecule has 0 aliphatic heterocycles. The van der Waals surface area contributed by atoms with Crippen LogP contribution in [0.25, 0.3) is 11.3 Å². The SMILES string of the molecule is CC[C@@H](C)Oc1cccc(C(=O)Nc2ccc(-c3ccc(CO)o3)c(Cl)c2)c1. The summed E-state index contributed by atoms with van der Waals surface area (Å²) in [4.78, 5) is 12.6. The zero-order chi connectivity index (χ0) is 20.1. The third kappa shape index (κ3) is 4.74. The summed E-state index contributed by atoms with van der Waals surface area (Å²) in [7, 11) is 0. The summed E-state index contributed by atoms with van der Waals surface area (Å²) in [6, 6.07) is 15.7. The molecule has 146 valence electrons. The van der Waals surface area contributed by atoms with Gasteiger partial charge in [0.25, 0.3) is 5.91 Å². The summed E-state index contributed by atoms with van der Waals surface area (Å²) in [6.07, 6.45) is 0.967. The van der Waals surface area contributed by atoms with Crippen molar-refractivity contribution in [3.05, 3.63) is 70.9 Å². The average molecular weight is 400 g/mol. The number of halogens is 1. The number of carbonyl (C=O) groups excluding carboxylic acids is 1. The Bertz CT molecular complexity index is 967. The highest BCUT2D eigenvalue weighted by atomic mass is 35.5. The summed E-state index contributed by atoms with van der Waals surface area (Å²) in [5.74, 6) is 1.43. The Balaban J connectivity index is 1.74. The molecule has 0 radical (unpaired) electrons. The molecule has 1 amide bonds. The minimum Gasteiger partial charge on any atom is -0.491 e. The number of rotatable bonds is 7. The first kappa shape index (κ1) is 20.0. The Morgan fingerprint density at radius 1 is 1.21 bits per heavy atom. The van der Waals surface area contributed by atoms with Gasteiger partial charge < -0.3 is 19.6 Å². The third-order valence-electron chi connectivity index (χ3n) is 4.32. The van der Waals surface area contributed by atoms with E-state index in [-0.39, 0.29) is 18.6 Å². The molecule has 1 heterocycles. The van der Waals surface area contributed by atoms with Gasteiger partial charge in [-0.2, -0.15) is 0 Å². The van der Waals surface area contributed by atoms with Crippen LogP contribution in [0, 0.1) is 0 Å². The van der Waals surface area contributed by atoms with Gasteiger partial charge in [0.2, 0.25) is 0 Å². The molecule has 0 bridgehead atoms. The van der Waals surface area contributed by atoms with E-state index in [4.69, 9.17) is 25.9 Å².